The van der Waals surface area contributed by atoms with Gasteiger partial charge in [0.2, 0.25) is 5.91 Å². The Bertz CT molecular complexity index is 624. The highest BCUT2D eigenvalue weighted by atomic mass is 32.1. The molecule has 0 aliphatic heterocycles. The highest BCUT2D eigenvalue weighted by Crippen LogP contribution is 2.28. The number of rotatable bonds is 11. The van der Waals surface area contributed by atoms with Gasteiger partial charge in [0.25, 0.3) is 0 Å². The van der Waals surface area contributed by atoms with Crippen LogP contribution in [0.4, 0.5) is 14.9 Å². The Morgan fingerprint density at radius 3 is 2.27 bits per heavy atom. The van der Waals surface area contributed by atoms with Crippen LogP contribution in [0.3, 0.4) is 0 Å². The van der Waals surface area contributed by atoms with Crippen molar-refractivity contribution in [3.05, 3.63) is 5.69 Å². The smallest absolute Gasteiger partial charge is 0.324 e. The van der Waals surface area contributed by atoms with E-state index in [0.29, 0.717) is 35.2 Å². The Morgan fingerprint density at radius 1 is 1.17 bits per heavy atom. The number of aromatic nitrogens is 1. The van der Waals surface area contributed by atoms with Crippen LogP contribution in [-0.2, 0) is 4.79 Å². The number of carbonyl (C=O) groups excluding carboxylic acids is 2. The van der Waals surface area contributed by atoms with Crippen LogP contribution in [0.25, 0.3) is 0 Å². The second kappa shape index (κ2) is 15.9. The molecule has 30 heavy (non-hydrogen) atoms. The first kappa shape index (κ1) is 28.1. The number of nitrogens with zero attached hydrogens (tertiary/aromatic N) is 2. The molecule has 1 rings (SSSR count). The molecular weight excluding hydrogens is 402 g/mol. The molecule has 0 fully saturated rings. The van der Waals surface area contributed by atoms with Crippen LogP contribution < -0.4 is 16.1 Å². The zero-order valence-corrected chi connectivity index (χ0v) is 20.5. The topological polar surface area (TPSA) is 107 Å². The molecule has 1 aromatic heterocycles. The van der Waals surface area contributed by atoms with Gasteiger partial charge in [0.05, 0.1) is 5.69 Å². The Labute approximate surface area is 185 Å². The maximum Gasteiger partial charge on any atom is 0.324 e. The van der Waals surface area contributed by atoms with Crippen molar-refractivity contribution in [1.82, 2.24) is 15.2 Å². The summed E-state index contributed by atoms with van der Waals surface area (Å²) in [5, 5.41) is 15.8. The summed E-state index contributed by atoms with van der Waals surface area (Å²) in [5.41, 5.74) is 2.72. The minimum Gasteiger partial charge on any atom is -0.356 e. The van der Waals surface area contributed by atoms with E-state index in [1.807, 2.05) is 25.7 Å². The molecule has 0 saturated heterocycles. The molecule has 2 unspecified atom stereocenters. The van der Waals surface area contributed by atoms with Crippen molar-refractivity contribution in [3.8, 4) is 0 Å². The van der Waals surface area contributed by atoms with E-state index in [2.05, 4.69) is 41.9 Å². The van der Waals surface area contributed by atoms with Crippen molar-refractivity contribution < 1.29 is 14.8 Å². The average molecular weight is 444 g/mol. The van der Waals surface area contributed by atoms with Gasteiger partial charge in [-0.2, -0.15) is 0 Å². The van der Waals surface area contributed by atoms with Crippen molar-refractivity contribution in [2.24, 2.45) is 0 Å². The third-order valence-electron chi connectivity index (χ3n) is 4.51. The third kappa shape index (κ3) is 9.75. The summed E-state index contributed by atoms with van der Waals surface area (Å²) >= 11 is 1.19. The molecule has 0 aromatic carbocycles. The lowest BCUT2D eigenvalue weighted by molar-refractivity contribution is -0.120. The molecule has 0 spiro atoms. The molecule has 0 aliphatic carbocycles. The van der Waals surface area contributed by atoms with Crippen molar-refractivity contribution >= 4 is 33.4 Å². The number of thiazole rings is 1. The van der Waals surface area contributed by atoms with Gasteiger partial charge >= 0.3 is 6.03 Å². The molecule has 8 nitrogen and oxygen atoms in total. The minimum atomic E-state index is -0.206. The highest BCUT2D eigenvalue weighted by Gasteiger charge is 2.27. The van der Waals surface area contributed by atoms with Gasteiger partial charge in [-0.15, -0.1) is 0 Å². The van der Waals surface area contributed by atoms with E-state index < -0.39 is 0 Å². The summed E-state index contributed by atoms with van der Waals surface area (Å²) in [5.74, 6) is 0.0183. The fourth-order valence-electron chi connectivity index (χ4n) is 3.04. The average Bonchev–Trinajstić information content (AvgIpc) is 3.06. The van der Waals surface area contributed by atoms with E-state index in [1.165, 1.54) is 17.8 Å². The SMILES string of the molecule is CCC.CCCC(C)N(C(=O)Nc1nc(C)c(NO)s1)C(CC)CCNC(=O)CC. The Kier molecular flexibility index (Phi) is 14.9. The molecular formula is C21H41N5O3S. The summed E-state index contributed by atoms with van der Waals surface area (Å²) in [4.78, 5) is 30.6. The Morgan fingerprint density at radius 2 is 1.80 bits per heavy atom. The monoisotopic (exact) mass is 443 g/mol. The van der Waals surface area contributed by atoms with E-state index in [1.54, 1.807) is 6.92 Å². The van der Waals surface area contributed by atoms with Gasteiger partial charge in [-0.3, -0.25) is 20.8 Å². The summed E-state index contributed by atoms with van der Waals surface area (Å²) in [6.45, 7) is 14.6. The van der Waals surface area contributed by atoms with E-state index in [9.17, 15) is 9.59 Å². The molecule has 4 N–H and O–H groups in total. The second-order valence-electron chi connectivity index (χ2n) is 7.28. The lowest BCUT2D eigenvalue weighted by atomic mass is 10.0. The second-order valence-corrected chi connectivity index (χ2v) is 8.28. The van der Waals surface area contributed by atoms with Crippen LogP contribution in [0.1, 0.15) is 85.8 Å². The quantitative estimate of drug-likeness (QED) is 0.343. The predicted molar refractivity (Wildman–Crippen MR) is 125 cm³/mol. The first-order chi connectivity index (χ1) is 14.3. The summed E-state index contributed by atoms with van der Waals surface area (Å²) in [6.07, 6.45) is 5.07. The summed E-state index contributed by atoms with van der Waals surface area (Å²) in [7, 11) is 0. The molecule has 174 valence electrons. The van der Waals surface area contributed by atoms with Crippen molar-refractivity contribution in [3.63, 3.8) is 0 Å². The van der Waals surface area contributed by atoms with Crippen molar-refractivity contribution in [1.29, 1.82) is 0 Å². The first-order valence-electron chi connectivity index (χ1n) is 11.0. The standard InChI is InChI=1S/C18H33N5O3S.C3H8/c1-6-9-12(4)23(14(7-2)10-11-19-15(24)8-3)18(25)21-17-20-13(5)16(22-26)27-17;1-3-2/h12,14,22,26H,6-11H2,1-5H3,(H,19,24)(H,20,21,25);3H2,1-2H3. The lowest BCUT2D eigenvalue weighted by Gasteiger charge is -2.36. The lowest BCUT2D eigenvalue weighted by Crippen LogP contribution is -2.49. The van der Waals surface area contributed by atoms with Gasteiger partial charge in [0, 0.05) is 25.0 Å². The summed E-state index contributed by atoms with van der Waals surface area (Å²) < 4.78 is 0. The molecule has 1 aromatic rings. The molecule has 0 radical (unpaired) electrons. The molecule has 0 aliphatic rings. The van der Waals surface area contributed by atoms with Gasteiger partial charge in [-0.25, -0.2) is 9.78 Å². The van der Waals surface area contributed by atoms with Crippen molar-refractivity contribution in [2.75, 3.05) is 17.3 Å². The highest BCUT2D eigenvalue weighted by molar-refractivity contribution is 7.19. The molecule has 3 amide bonds. The molecule has 2 atom stereocenters. The summed E-state index contributed by atoms with van der Waals surface area (Å²) in [6, 6.07) is -0.124. The largest absolute Gasteiger partial charge is 0.356 e. The zero-order chi connectivity index (χ0) is 23.1. The Balaban J connectivity index is 0.00000263. The van der Waals surface area contributed by atoms with Crippen LogP contribution in [0.15, 0.2) is 0 Å². The van der Waals surface area contributed by atoms with Crippen LogP contribution in [-0.4, -0.2) is 45.7 Å². The maximum atomic E-state index is 13.0. The van der Waals surface area contributed by atoms with Gasteiger partial charge in [-0.1, -0.05) is 58.8 Å². The van der Waals surface area contributed by atoms with E-state index in [4.69, 9.17) is 5.21 Å². The number of nitrogens with one attached hydrogen (secondary N) is 3. The maximum absolute atomic E-state index is 13.0. The van der Waals surface area contributed by atoms with E-state index >= 15 is 0 Å². The van der Waals surface area contributed by atoms with E-state index in [-0.39, 0.29) is 24.0 Å². The fraction of sp³-hybridized carbons (Fsp3) is 0.762. The van der Waals surface area contributed by atoms with Crippen LogP contribution in [0, 0.1) is 6.92 Å². The zero-order valence-electron chi connectivity index (χ0n) is 19.7. The molecule has 0 saturated carbocycles. The van der Waals surface area contributed by atoms with Gasteiger partial charge in [0.15, 0.2) is 5.13 Å². The molecule has 1 heterocycles. The number of aryl methyl sites for hydroxylation is 1. The third-order valence-corrected chi connectivity index (χ3v) is 5.49. The van der Waals surface area contributed by atoms with Crippen molar-refractivity contribution in [2.45, 2.75) is 99.1 Å². The predicted octanol–water partition coefficient (Wildman–Crippen LogP) is 5.39. The minimum absolute atomic E-state index is 0.0141. The van der Waals surface area contributed by atoms with Gasteiger partial charge < -0.3 is 10.2 Å². The van der Waals surface area contributed by atoms with Gasteiger partial charge in [0.1, 0.15) is 5.00 Å². The van der Waals surface area contributed by atoms with Crippen LogP contribution in [0.2, 0.25) is 0 Å². The number of carbonyl (C=O) groups is 2. The van der Waals surface area contributed by atoms with Crippen LogP contribution >= 0.6 is 11.3 Å². The Hall–Kier alpha value is -1.87. The number of hydrogen-bond donors (Lipinski definition) is 4. The number of urea groups is 1. The normalized spacial score (nSPS) is 12.3. The van der Waals surface area contributed by atoms with Gasteiger partial charge in [-0.05, 0) is 33.1 Å². The fourth-order valence-corrected chi connectivity index (χ4v) is 3.79. The van der Waals surface area contributed by atoms with Crippen LogP contribution in [0.5, 0.6) is 0 Å². The van der Waals surface area contributed by atoms with E-state index in [0.717, 1.165) is 19.3 Å². The molecule has 9 heteroatoms. The number of anilines is 2. The number of hydrogen-bond acceptors (Lipinski definition) is 6. The first-order valence-corrected chi connectivity index (χ1v) is 11.8. The molecule has 0 bridgehead atoms. The number of amides is 3.